The number of methoxy groups -OCH3 is 1. The number of hydrogen-bond acceptors (Lipinski definition) is 2. The fourth-order valence-corrected chi connectivity index (χ4v) is 2.65. The Kier molecular flexibility index (Phi) is 5.00. The Hall–Kier alpha value is -0.860. The lowest BCUT2D eigenvalue weighted by molar-refractivity contribution is 0.170. The highest BCUT2D eigenvalue weighted by Gasteiger charge is 2.41. The molecule has 2 rings (SSSR count). The zero-order valence-corrected chi connectivity index (χ0v) is 12.5. The van der Waals surface area contributed by atoms with Gasteiger partial charge in [0.25, 0.3) is 0 Å². The standard InChI is InChI=1S/C17H27NO/c1-4-16(15-7-5-14(2)6-8-15)18-13-17(9-10-17)11-12-19-3/h5-8,16,18H,4,9-13H2,1-3H3. The molecule has 1 aliphatic carbocycles. The summed E-state index contributed by atoms with van der Waals surface area (Å²) in [6, 6.07) is 9.41. The first-order chi connectivity index (χ1) is 9.19. The van der Waals surface area contributed by atoms with E-state index in [1.165, 1.54) is 30.4 Å². The molecule has 0 aliphatic heterocycles. The second-order valence-electron chi connectivity index (χ2n) is 6.00. The summed E-state index contributed by atoms with van der Waals surface area (Å²) < 4.78 is 5.22. The molecule has 1 fully saturated rings. The second kappa shape index (κ2) is 6.53. The molecule has 1 N–H and O–H groups in total. The van der Waals surface area contributed by atoms with E-state index in [9.17, 15) is 0 Å². The molecule has 1 saturated carbocycles. The first kappa shape index (κ1) is 14.5. The van der Waals surface area contributed by atoms with Gasteiger partial charge in [-0.1, -0.05) is 36.8 Å². The minimum atomic E-state index is 0.487. The van der Waals surface area contributed by atoms with Crippen molar-refractivity contribution >= 4 is 0 Å². The van der Waals surface area contributed by atoms with Crippen LogP contribution >= 0.6 is 0 Å². The minimum Gasteiger partial charge on any atom is -0.385 e. The lowest BCUT2D eigenvalue weighted by Crippen LogP contribution is -2.28. The molecule has 0 saturated heterocycles. The zero-order chi connectivity index (χ0) is 13.7. The molecule has 1 aromatic rings. The fraction of sp³-hybridized carbons (Fsp3) is 0.647. The van der Waals surface area contributed by atoms with Gasteiger partial charge < -0.3 is 10.1 Å². The van der Waals surface area contributed by atoms with E-state index in [-0.39, 0.29) is 0 Å². The molecule has 106 valence electrons. The van der Waals surface area contributed by atoms with Gasteiger partial charge in [0.1, 0.15) is 0 Å². The minimum absolute atomic E-state index is 0.487. The topological polar surface area (TPSA) is 21.3 Å². The Morgan fingerprint density at radius 1 is 1.26 bits per heavy atom. The molecule has 1 aliphatic rings. The predicted octanol–water partition coefficient (Wildman–Crippen LogP) is 3.85. The van der Waals surface area contributed by atoms with Crippen LogP contribution in [0, 0.1) is 12.3 Å². The summed E-state index contributed by atoms with van der Waals surface area (Å²) in [5.74, 6) is 0. The highest BCUT2D eigenvalue weighted by Crippen LogP contribution is 2.48. The molecule has 0 heterocycles. The second-order valence-corrected chi connectivity index (χ2v) is 6.00. The smallest absolute Gasteiger partial charge is 0.0468 e. The van der Waals surface area contributed by atoms with Gasteiger partial charge in [0.05, 0.1) is 0 Å². The first-order valence-electron chi connectivity index (χ1n) is 7.48. The van der Waals surface area contributed by atoms with Crippen LogP contribution in [0.15, 0.2) is 24.3 Å². The lowest BCUT2D eigenvalue weighted by atomic mass is 9.99. The van der Waals surface area contributed by atoms with Crippen LogP contribution in [-0.2, 0) is 4.74 Å². The summed E-state index contributed by atoms with van der Waals surface area (Å²) in [7, 11) is 1.80. The highest BCUT2D eigenvalue weighted by atomic mass is 16.5. The van der Waals surface area contributed by atoms with E-state index in [1.807, 2.05) is 0 Å². The molecule has 19 heavy (non-hydrogen) atoms. The van der Waals surface area contributed by atoms with Gasteiger partial charge in [-0.05, 0) is 43.6 Å². The van der Waals surface area contributed by atoms with Crippen molar-refractivity contribution in [1.29, 1.82) is 0 Å². The summed E-state index contributed by atoms with van der Waals surface area (Å²) in [4.78, 5) is 0. The Morgan fingerprint density at radius 2 is 1.95 bits per heavy atom. The quantitative estimate of drug-likeness (QED) is 0.767. The van der Waals surface area contributed by atoms with Crippen LogP contribution in [0.5, 0.6) is 0 Å². The SMILES string of the molecule is CCC(NCC1(CCOC)CC1)c1ccc(C)cc1. The van der Waals surface area contributed by atoms with Crippen LogP contribution in [0.25, 0.3) is 0 Å². The highest BCUT2D eigenvalue weighted by molar-refractivity contribution is 5.24. The van der Waals surface area contributed by atoms with E-state index in [0.29, 0.717) is 11.5 Å². The van der Waals surface area contributed by atoms with Gasteiger partial charge in [-0.2, -0.15) is 0 Å². The average molecular weight is 261 g/mol. The Labute approximate surface area is 117 Å². The van der Waals surface area contributed by atoms with Crippen LogP contribution in [0.4, 0.5) is 0 Å². The summed E-state index contributed by atoms with van der Waals surface area (Å²) in [5.41, 5.74) is 3.27. The Balaban J connectivity index is 1.87. The van der Waals surface area contributed by atoms with Gasteiger partial charge in [-0.3, -0.25) is 0 Å². The van der Waals surface area contributed by atoms with Crippen LogP contribution in [0.1, 0.15) is 49.8 Å². The molecule has 0 amide bonds. The molecular weight excluding hydrogens is 234 g/mol. The van der Waals surface area contributed by atoms with Crippen molar-refractivity contribution in [3.63, 3.8) is 0 Å². The van der Waals surface area contributed by atoms with Gasteiger partial charge >= 0.3 is 0 Å². The predicted molar refractivity (Wildman–Crippen MR) is 80.4 cm³/mol. The van der Waals surface area contributed by atoms with Gasteiger partial charge in [-0.15, -0.1) is 0 Å². The van der Waals surface area contributed by atoms with Gasteiger partial charge in [0.15, 0.2) is 0 Å². The maximum atomic E-state index is 5.22. The maximum absolute atomic E-state index is 5.22. The summed E-state index contributed by atoms with van der Waals surface area (Å²) in [6.45, 7) is 6.42. The van der Waals surface area contributed by atoms with Crippen LogP contribution < -0.4 is 5.32 Å². The summed E-state index contributed by atoms with van der Waals surface area (Å²) in [6.07, 6.45) is 5.05. The average Bonchev–Trinajstić information content (AvgIpc) is 3.20. The number of hydrogen-bond donors (Lipinski definition) is 1. The van der Waals surface area contributed by atoms with Crippen molar-refractivity contribution in [3.05, 3.63) is 35.4 Å². The number of ether oxygens (including phenoxy) is 1. The maximum Gasteiger partial charge on any atom is 0.0468 e. The third kappa shape index (κ3) is 4.05. The lowest BCUT2D eigenvalue weighted by Gasteiger charge is -2.22. The molecule has 1 unspecified atom stereocenters. The molecule has 1 aromatic carbocycles. The molecule has 2 nitrogen and oxygen atoms in total. The molecule has 0 aromatic heterocycles. The van der Waals surface area contributed by atoms with Crippen molar-refractivity contribution in [3.8, 4) is 0 Å². The van der Waals surface area contributed by atoms with Gasteiger partial charge in [0, 0.05) is 26.3 Å². The van der Waals surface area contributed by atoms with Crippen molar-refractivity contribution in [2.45, 2.75) is 45.6 Å². The van der Waals surface area contributed by atoms with E-state index in [4.69, 9.17) is 4.74 Å². The van der Waals surface area contributed by atoms with E-state index in [1.54, 1.807) is 7.11 Å². The van der Waals surface area contributed by atoms with Crippen LogP contribution in [0.2, 0.25) is 0 Å². The van der Waals surface area contributed by atoms with Crippen LogP contribution in [-0.4, -0.2) is 20.3 Å². The monoisotopic (exact) mass is 261 g/mol. The molecule has 0 bridgehead atoms. The molecule has 0 spiro atoms. The molecule has 2 heteroatoms. The Morgan fingerprint density at radius 3 is 2.47 bits per heavy atom. The van der Waals surface area contributed by atoms with E-state index in [0.717, 1.165) is 19.6 Å². The largest absolute Gasteiger partial charge is 0.385 e. The molecular formula is C17H27NO. The van der Waals surface area contributed by atoms with E-state index >= 15 is 0 Å². The number of benzene rings is 1. The van der Waals surface area contributed by atoms with Crippen molar-refractivity contribution in [1.82, 2.24) is 5.32 Å². The van der Waals surface area contributed by atoms with Gasteiger partial charge in [0.2, 0.25) is 0 Å². The van der Waals surface area contributed by atoms with E-state index in [2.05, 4.69) is 43.4 Å². The van der Waals surface area contributed by atoms with Crippen molar-refractivity contribution < 1.29 is 4.74 Å². The third-order valence-corrected chi connectivity index (χ3v) is 4.41. The van der Waals surface area contributed by atoms with Crippen LogP contribution in [0.3, 0.4) is 0 Å². The summed E-state index contributed by atoms with van der Waals surface area (Å²) >= 11 is 0. The van der Waals surface area contributed by atoms with E-state index < -0.39 is 0 Å². The first-order valence-corrected chi connectivity index (χ1v) is 7.48. The number of rotatable bonds is 8. The summed E-state index contributed by atoms with van der Waals surface area (Å²) in [5, 5.41) is 3.76. The van der Waals surface area contributed by atoms with Crippen molar-refractivity contribution in [2.24, 2.45) is 5.41 Å². The fourth-order valence-electron chi connectivity index (χ4n) is 2.65. The Bertz CT molecular complexity index is 381. The van der Waals surface area contributed by atoms with Gasteiger partial charge in [-0.25, -0.2) is 0 Å². The number of nitrogens with one attached hydrogen (secondary N) is 1. The zero-order valence-electron chi connectivity index (χ0n) is 12.5. The molecule has 1 atom stereocenters. The third-order valence-electron chi connectivity index (χ3n) is 4.41. The van der Waals surface area contributed by atoms with Crippen molar-refractivity contribution in [2.75, 3.05) is 20.3 Å². The number of aryl methyl sites for hydroxylation is 1. The molecule has 0 radical (unpaired) electrons. The normalized spacial score (nSPS) is 18.3.